The average Bonchev–Trinajstić information content (AvgIpc) is 3.25. The maximum atomic E-state index is 13.0. The standard InChI is InChI=1S/C25H33N3O4S/c1-18-6-4-7-20(16-18)17-21-19(2)26-24(27(3)23(21)30)33-15-5-8-22(29)28-11-9-25(10-12-28)31-13-14-32-25/h4,6-7,16H,5,8-15,17H2,1-3H3. The number of carbonyl (C=O) groups is 1. The van der Waals surface area contributed by atoms with Crippen LogP contribution in [0.2, 0.25) is 0 Å². The minimum atomic E-state index is -0.452. The molecular formula is C25H33N3O4S. The highest BCUT2D eigenvalue weighted by atomic mass is 32.2. The molecule has 2 fully saturated rings. The molecule has 0 N–H and O–H groups in total. The van der Waals surface area contributed by atoms with Crippen molar-refractivity contribution < 1.29 is 14.3 Å². The molecular weight excluding hydrogens is 438 g/mol. The molecule has 0 unspecified atom stereocenters. The fraction of sp³-hybridized carbons (Fsp3) is 0.560. The topological polar surface area (TPSA) is 73.7 Å². The quantitative estimate of drug-likeness (QED) is 0.351. The van der Waals surface area contributed by atoms with E-state index in [4.69, 9.17) is 14.5 Å². The van der Waals surface area contributed by atoms with Crippen LogP contribution in [0.25, 0.3) is 0 Å². The van der Waals surface area contributed by atoms with Gasteiger partial charge < -0.3 is 14.4 Å². The number of piperidine rings is 1. The van der Waals surface area contributed by atoms with Crippen LogP contribution < -0.4 is 5.56 Å². The van der Waals surface area contributed by atoms with Gasteiger partial charge in [-0.15, -0.1) is 0 Å². The number of rotatable bonds is 7. The van der Waals surface area contributed by atoms with Gasteiger partial charge in [0.2, 0.25) is 5.91 Å². The summed E-state index contributed by atoms with van der Waals surface area (Å²) in [6, 6.07) is 8.22. The van der Waals surface area contributed by atoms with Crippen LogP contribution in [0.1, 0.15) is 48.1 Å². The molecule has 0 aliphatic carbocycles. The Morgan fingerprint density at radius 1 is 1.18 bits per heavy atom. The van der Waals surface area contributed by atoms with Gasteiger partial charge in [0.1, 0.15) is 0 Å². The molecule has 0 bridgehead atoms. The first-order chi connectivity index (χ1) is 15.9. The van der Waals surface area contributed by atoms with Gasteiger partial charge in [0.15, 0.2) is 10.9 Å². The predicted octanol–water partition coefficient (Wildman–Crippen LogP) is 3.23. The van der Waals surface area contributed by atoms with Crippen LogP contribution in [-0.4, -0.2) is 58.2 Å². The van der Waals surface area contributed by atoms with E-state index in [0.717, 1.165) is 41.8 Å². The second-order valence-electron chi connectivity index (χ2n) is 8.93. The Labute approximate surface area is 199 Å². The van der Waals surface area contributed by atoms with Crippen LogP contribution in [-0.2, 0) is 27.7 Å². The molecule has 33 heavy (non-hydrogen) atoms. The van der Waals surface area contributed by atoms with E-state index >= 15 is 0 Å². The molecule has 7 nitrogen and oxygen atoms in total. The zero-order valence-electron chi connectivity index (χ0n) is 19.8. The third-order valence-electron chi connectivity index (χ3n) is 6.47. The summed E-state index contributed by atoms with van der Waals surface area (Å²) in [5, 5.41) is 0.702. The van der Waals surface area contributed by atoms with Crippen molar-refractivity contribution in [2.75, 3.05) is 32.1 Å². The average molecular weight is 472 g/mol. The number of aryl methyl sites for hydroxylation is 2. The molecule has 2 aromatic rings. The van der Waals surface area contributed by atoms with E-state index in [-0.39, 0.29) is 11.5 Å². The lowest BCUT2D eigenvalue weighted by atomic mass is 10.0. The Morgan fingerprint density at radius 2 is 1.91 bits per heavy atom. The number of ether oxygens (including phenoxy) is 2. The van der Waals surface area contributed by atoms with Crippen molar-refractivity contribution >= 4 is 17.7 Å². The fourth-order valence-electron chi connectivity index (χ4n) is 4.52. The van der Waals surface area contributed by atoms with Crippen molar-refractivity contribution in [2.45, 2.75) is 56.9 Å². The summed E-state index contributed by atoms with van der Waals surface area (Å²) in [7, 11) is 1.78. The maximum absolute atomic E-state index is 13.0. The SMILES string of the molecule is Cc1cccc(Cc2c(C)nc(SCCCC(=O)N3CCC4(CC3)OCCO4)n(C)c2=O)c1. The van der Waals surface area contributed by atoms with Gasteiger partial charge in [0.25, 0.3) is 5.56 Å². The molecule has 178 valence electrons. The van der Waals surface area contributed by atoms with Gasteiger partial charge >= 0.3 is 0 Å². The molecule has 1 aromatic heterocycles. The van der Waals surface area contributed by atoms with E-state index in [1.165, 1.54) is 17.3 Å². The minimum absolute atomic E-state index is 0.00109. The van der Waals surface area contributed by atoms with Crippen molar-refractivity contribution in [2.24, 2.45) is 7.05 Å². The molecule has 0 saturated carbocycles. The van der Waals surface area contributed by atoms with Crippen molar-refractivity contribution in [1.29, 1.82) is 0 Å². The van der Waals surface area contributed by atoms with E-state index in [2.05, 4.69) is 19.1 Å². The number of benzene rings is 1. The molecule has 2 saturated heterocycles. The van der Waals surface area contributed by atoms with Crippen LogP contribution in [0.3, 0.4) is 0 Å². The van der Waals surface area contributed by atoms with Gasteiger partial charge in [-0.05, 0) is 25.8 Å². The molecule has 0 radical (unpaired) electrons. The van der Waals surface area contributed by atoms with Crippen molar-refractivity contribution in [1.82, 2.24) is 14.5 Å². The zero-order chi connectivity index (χ0) is 23.4. The van der Waals surface area contributed by atoms with Crippen LogP contribution in [0, 0.1) is 13.8 Å². The largest absolute Gasteiger partial charge is 0.347 e. The molecule has 4 rings (SSSR count). The molecule has 1 spiro atoms. The lowest BCUT2D eigenvalue weighted by molar-refractivity contribution is -0.187. The van der Waals surface area contributed by atoms with Crippen molar-refractivity contribution in [3.05, 3.63) is 57.0 Å². The summed E-state index contributed by atoms with van der Waals surface area (Å²) < 4.78 is 13.1. The summed E-state index contributed by atoms with van der Waals surface area (Å²) in [6.07, 6.45) is 3.32. The lowest BCUT2D eigenvalue weighted by Gasteiger charge is -2.37. The molecule has 8 heteroatoms. The Balaban J connectivity index is 1.28. The molecule has 3 heterocycles. The normalized spacial score (nSPS) is 17.6. The van der Waals surface area contributed by atoms with Gasteiger partial charge in [-0.1, -0.05) is 41.6 Å². The van der Waals surface area contributed by atoms with Crippen LogP contribution in [0.15, 0.2) is 34.2 Å². The highest BCUT2D eigenvalue weighted by molar-refractivity contribution is 7.99. The second kappa shape index (κ2) is 10.4. The number of hydrogen-bond donors (Lipinski definition) is 0. The van der Waals surface area contributed by atoms with Crippen molar-refractivity contribution in [3.63, 3.8) is 0 Å². The number of hydrogen-bond acceptors (Lipinski definition) is 6. The van der Waals surface area contributed by atoms with E-state index in [1.807, 2.05) is 24.0 Å². The Morgan fingerprint density at radius 3 is 2.61 bits per heavy atom. The molecule has 1 amide bonds. The molecule has 2 aliphatic rings. The molecule has 0 atom stereocenters. The number of aromatic nitrogens is 2. The van der Waals surface area contributed by atoms with E-state index in [9.17, 15) is 9.59 Å². The van der Waals surface area contributed by atoms with Crippen LogP contribution in [0.4, 0.5) is 0 Å². The van der Waals surface area contributed by atoms with Crippen LogP contribution in [0.5, 0.6) is 0 Å². The highest BCUT2D eigenvalue weighted by Gasteiger charge is 2.40. The second-order valence-corrected chi connectivity index (χ2v) is 9.99. The van der Waals surface area contributed by atoms with Crippen molar-refractivity contribution in [3.8, 4) is 0 Å². The first kappa shape index (κ1) is 24.0. The van der Waals surface area contributed by atoms with Gasteiger partial charge in [-0.3, -0.25) is 14.2 Å². The number of thioether (sulfide) groups is 1. The minimum Gasteiger partial charge on any atom is -0.347 e. The smallest absolute Gasteiger partial charge is 0.257 e. The van der Waals surface area contributed by atoms with Crippen LogP contribution >= 0.6 is 11.8 Å². The first-order valence-electron chi connectivity index (χ1n) is 11.7. The van der Waals surface area contributed by atoms with E-state index in [1.54, 1.807) is 11.6 Å². The highest BCUT2D eigenvalue weighted by Crippen LogP contribution is 2.31. The number of carbonyl (C=O) groups excluding carboxylic acids is 1. The number of nitrogens with zero attached hydrogens (tertiary/aromatic N) is 3. The third-order valence-corrected chi connectivity index (χ3v) is 7.59. The Kier molecular flexibility index (Phi) is 7.56. The van der Waals surface area contributed by atoms with Gasteiger partial charge in [0.05, 0.1) is 13.2 Å². The maximum Gasteiger partial charge on any atom is 0.257 e. The summed E-state index contributed by atoms with van der Waals surface area (Å²) in [5.41, 5.74) is 3.81. The Hall–Kier alpha value is -2.16. The summed E-state index contributed by atoms with van der Waals surface area (Å²) in [6.45, 7) is 6.62. The predicted molar refractivity (Wildman–Crippen MR) is 129 cm³/mol. The fourth-order valence-corrected chi connectivity index (χ4v) is 5.47. The lowest BCUT2D eigenvalue weighted by Crippen LogP contribution is -2.47. The Bertz CT molecular complexity index is 1050. The first-order valence-corrected chi connectivity index (χ1v) is 12.7. The number of amides is 1. The van der Waals surface area contributed by atoms with Gasteiger partial charge in [0, 0.05) is 62.8 Å². The monoisotopic (exact) mass is 471 g/mol. The van der Waals surface area contributed by atoms with Gasteiger partial charge in [-0.25, -0.2) is 4.98 Å². The van der Waals surface area contributed by atoms with E-state index in [0.29, 0.717) is 44.3 Å². The summed E-state index contributed by atoms with van der Waals surface area (Å²) >= 11 is 1.54. The third kappa shape index (κ3) is 5.67. The molecule has 2 aliphatic heterocycles. The zero-order valence-corrected chi connectivity index (χ0v) is 20.6. The summed E-state index contributed by atoms with van der Waals surface area (Å²) in [4.78, 5) is 32.2. The van der Waals surface area contributed by atoms with Gasteiger partial charge in [-0.2, -0.15) is 0 Å². The summed E-state index contributed by atoms with van der Waals surface area (Å²) in [5.74, 6) is 0.467. The number of likely N-dealkylation sites (tertiary alicyclic amines) is 1. The van der Waals surface area contributed by atoms with E-state index < -0.39 is 5.79 Å². The molecule has 1 aromatic carbocycles.